The van der Waals surface area contributed by atoms with Gasteiger partial charge in [0.05, 0.1) is 10.9 Å². The molecule has 7 nitrogen and oxygen atoms in total. The van der Waals surface area contributed by atoms with Crippen molar-refractivity contribution in [2.45, 2.75) is 6.61 Å². The van der Waals surface area contributed by atoms with E-state index >= 15 is 0 Å². The largest absolute Gasteiger partial charge is 0.460 e. The van der Waals surface area contributed by atoms with Gasteiger partial charge in [-0.3, -0.25) is 19.4 Å². The second kappa shape index (κ2) is 7.75. The first-order valence-corrected chi connectivity index (χ1v) is 8.18. The maximum absolute atomic E-state index is 12.2. The normalized spacial score (nSPS) is 10.5. The van der Waals surface area contributed by atoms with Gasteiger partial charge in [-0.2, -0.15) is 0 Å². The van der Waals surface area contributed by atoms with E-state index in [2.05, 4.69) is 15.3 Å². The summed E-state index contributed by atoms with van der Waals surface area (Å²) in [6, 6.07) is 13.8. The van der Waals surface area contributed by atoms with Crippen LogP contribution < -0.4 is 10.9 Å². The Hall–Kier alpha value is -3.26. The van der Waals surface area contributed by atoms with Crippen molar-refractivity contribution in [3.05, 3.63) is 74.8 Å². The molecule has 0 saturated heterocycles. The van der Waals surface area contributed by atoms with E-state index in [0.29, 0.717) is 16.5 Å². The fraction of sp³-hybridized carbons (Fsp3) is 0.111. The van der Waals surface area contributed by atoms with Crippen LogP contribution in [0.4, 0.5) is 0 Å². The molecule has 26 heavy (non-hydrogen) atoms. The lowest BCUT2D eigenvalue weighted by Crippen LogP contribution is -2.30. The zero-order valence-corrected chi connectivity index (χ0v) is 14.4. The molecular formula is C18H15N3O4S. The summed E-state index contributed by atoms with van der Waals surface area (Å²) in [6.45, 7) is -0.111. The first-order valence-electron chi connectivity index (χ1n) is 7.77. The molecule has 3 N–H and O–H groups in total. The van der Waals surface area contributed by atoms with E-state index in [1.807, 2.05) is 30.3 Å². The molecule has 2 aromatic carbocycles. The topological polar surface area (TPSA) is 104 Å². The summed E-state index contributed by atoms with van der Waals surface area (Å²) in [6.07, 6.45) is 0. The van der Waals surface area contributed by atoms with Crippen molar-refractivity contribution < 1.29 is 14.3 Å². The van der Waals surface area contributed by atoms with Gasteiger partial charge in [0.15, 0.2) is 4.77 Å². The van der Waals surface area contributed by atoms with E-state index in [1.165, 1.54) is 18.2 Å². The van der Waals surface area contributed by atoms with Gasteiger partial charge in [-0.1, -0.05) is 30.3 Å². The van der Waals surface area contributed by atoms with Crippen LogP contribution in [-0.4, -0.2) is 28.4 Å². The van der Waals surface area contributed by atoms with Crippen molar-refractivity contribution >= 4 is 35.0 Å². The van der Waals surface area contributed by atoms with Crippen molar-refractivity contribution in [2.75, 3.05) is 6.54 Å². The number of hydrogen-bond acceptors (Lipinski definition) is 5. The molecule has 3 aromatic rings. The second-order valence-corrected chi connectivity index (χ2v) is 5.91. The van der Waals surface area contributed by atoms with Gasteiger partial charge in [0, 0.05) is 5.56 Å². The number of aromatic nitrogens is 2. The Morgan fingerprint density at radius 2 is 1.85 bits per heavy atom. The van der Waals surface area contributed by atoms with E-state index in [1.54, 1.807) is 0 Å². The number of aromatic amines is 2. The number of esters is 1. The fourth-order valence-corrected chi connectivity index (χ4v) is 2.56. The molecule has 132 valence electrons. The monoisotopic (exact) mass is 369 g/mol. The number of carbonyl (C=O) groups excluding carboxylic acids is 2. The predicted octanol–water partition coefficient (Wildman–Crippen LogP) is 2.06. The third-order valence-electron chi connectivity index (χ3n) is 3.64. The smallest absolute Gasteiger partial charge is 0.325 e. The van der Waals surface area contributed by atoms with Crippen LogP contribution in [0.1, 0.15) is 15.9 Å². The summed E-state index contributed by atoms with van der Waals surface area (Å²) >= 11 is 4.92. The van der Waals surface area contributed by atoms with Crippen LogP contribution in [0, 0.1) is 4.77 Å². The molecule has 0 unspecified atom stereocenters. The van der Waals surface area contributed by atoms with Crippen molar-refractivity contribution in [2.24, 2.45) is 0 Å². The number of benzene rings is 2. The van der Waals surface area contributed by atoms with E-state index in [-0.39, 0.29) is 23.5 Å². The molecule has 0 atom stereocenters. The zero-order chi connectivity index (χ0) is 18.5. The molecule has 0 spiro atoms. The number of carbonyl (C=O) groups is 2. The Morgan fingerprint density at radius 3 is 2.62 bits per heavy atom. The van der Waals surface area contributed by atoms with Gasteiger partial charge in [-0.25, -0.2) is 0 Å². The molecule has 0 fully saturated rings. The predicted molar refractivity (Wildman–Crippen MR) is 98.3 cm³/mol. The molecule has 0 aliphatic carbocycles. The van der Waals surface area contributed by atoms with Crippen molar-refractivity contribution in [1.29, 1.82) is 0 Å². The van der Waals surface area contributed by atoms with Crippen LogP contribution in [0.15, 0.2) is 53.3 Å². The lowest BCUT2D eigenvalue weighted by atomic mass is 10.1. The molecule has 0 aliphatic rings. The first-order chi connectivity index (χ1) is 12.5. The van der Waals surface area contributed by atoms with Crippen LogP contribution >= 0.6 is 12.2 Å². The number of fused-ring (bicyclic) bond motifs is 1. The zero-order valence-electron chi connectivity index (χ0n) is 13.6. The molecule has 1 amide bonds. The third kappa shape index (κ3) is 4.22. The fourth-order valence-electron chi connectivity index (χ4n) is 2.35. The highest BCUT2D eigenvalue weighted by Crippen LogP contribution is 2.10. The van der Waals surface area contributed by atoms with Crippen LogP contribution in [0.3, 0.4) is 0 Å². The number of amides is 1. The van der Waals surface area contributed by atoms with Crippen molar-refractivity contribution in [3.63, 3.8) is 0 Å². The summed E-state index contributed by atoms with van der Waals surface area (Å²) in [5.41, 5.74) is 1.27. The van der Waals surface area contributed by atoms with Crippen LogP contribution in [0.25, 0.3) is 10.9 Å². The maximum atomic E-state index is 12.2. The van der Waals surface area contributed by atoms with Gasteiger partial charge < -0.3 is 15.0 Å². The van der Waals surface area contributed by atoms with Gasteiger partial charge in [0.2, 0.25) is 0 Å². The SMILES string of the molecule is O=C(CNC(=O)c1ccc2c(=O)[nH]c(=S)[nH]c2c1)OCc1ccccc1. The number of hydrogen-bond donors (Lipinski definition) is 3. The van der Waals surface area contributed by atoms with E-state index in [0.717, 1.165) is 5.56 Å². The van der Waals surface area contributed by atoms with E-state index in [9.17, 15) is 14.4 Å². The second-order valence-electron chi connectivity index (χ2n) is 5.50. The minimum absolute atomic E-state index is 0.144. The molecule has 3 rings (SSSR count). The Morgan fingerprint density at radius 1 is 1.08 bits per heavy atom. The van der Waals surface area contributed by atoms with Crippen LogP contribution in [0.2, 0.25) is 0 Å². The molecular weight excluding hydrogens is 354 g/mol. The summed E-state index contributed by atoms with van der Waals surface area (Å²) in [7, 11) is 0. The Bertz CT molecular complexity index is 1070. The van der Waals surface area contributed by atoms with E-state index < -0.39 is 11.9 Å². The molecule has 1 heterocycles. The minimum atomic E-state index is -0.543. The molecule has 0 radical (unpaired) electrons. The standard InChI is InChI=1S/C18H15N3O4S/c22-15(25-10-11-4-2-1-3-5-11)9-19-16(23)12-6-7-13-14(8-12)20-18(26)21-17(13)24/h1-8H,9-10H2,(H,19,23)(H2,20,21,24,26). The third-order valence-corrected chi connectivity index (χ3v) is 3.84. The lowest BCUT2D eigenvalue weighted by molar-refractivity contribution is -0.143. The maximum Gasteiger partial charge on any atom is 0.325 e. The molecule has 0 saturated carbocycles. The summed E-state index contributed by atoms with van der Waals surface area (Å²) in [4.78, 5) is 41.0. The first kappa shape index (κ1) is 17.6. The van der Waals surface area contributed by atoms with Crippen molar-refractivity contribution in [1.82, 2.24) is 15.3 Å². The van der Waals surface area contributed by atoms with Crippen LogP contribution in [-0.2, 0) is 16.1 Å². The van der Waals surface area contributed by atoms with Gasteiger partial charge in [0.1, 0.15) is 13.2 Å². The lowest BCUT2D eigenvalue weighted by Gasteiger charge is -2.07. The van der Waals surface area contributed by atoms with Gasteiger partial charge in [0.25, 0.3) is 11.5 Å². The minimum Gasteiger partial charge on any atom is -0.460 e. The number of rotatable bonds is 5. The number of ether oxygens (including phenoxy) is 1. The Labute approximate surface area is 153 Å². The number of nitrogens with one attached hydrogen (secondary N) is 3. The average Bonchev–Trinajstić information content (AvgIpc) is 2.64. The quantitative estimate of drug-likeness (QED) is 0.472. The highest BCUT2D eigenvalue weighted by molar-refractivity contribution is 7.71. The van der Waals surface area contributed by atoms with E-state index in [4.69, 9.17) is 17.0 Å². The Balaban J connectivity index is 1.61. The van der Waals surface area contributed by atoms with Gasteiger partial charge >= 0.3 is 5.97 Å². The molecule has 1 aromatic heterocycles. The molecule has 0 bridgehead atoms. The van der Waals surface area contributed by atoms with Gasteiger partial charge in [-0.15, -0.1) is 0 Å². The highest BCUT2D eigenvalue weighted by atomic mass is 32.1. The Kier molecular flexibility index (Phi) is 5.23. The van der Waals surface area contributed by atoms with Gasteiger partial charge in [-0.05, 0) is 36.0 Å². The van der Waals surface area contributed by atoms with Crippen molar-refractivity contribution in [3.8, 4) is 0 Å². The molecule has 0 aliphatic heterocycles. The highest BCUT2D eigenvalue weighted by Gasteiger charge is 2.11. The summed E-state index contributed by atoms with van der Waals surface area (Å²) in [5.74, 6) is -0.998. The average molecular weight is 369 g/mol. The summed E-state index contributed by atoms with van der Waals surface area (Å²) in [5, 5.41) is 2.88. The van der Waals surface area contributed by atoms with Crippen LogP contribution in [0.5, 0.6) is 0 Å². The summed E-state index contributed by atoms with van der Waals surface area (Å²) < 4.78 is 5.27. The molecule has 8 heteroatoms. The number of H-pyrrole nitrogens is 2.